The minimum atomic E-state index is -1.18. The average Bonchev–Trinajstić information content (AvgIpc) is 4.18. The maximum Gasteiger partial charge on any atom is 0.407 e. The Bertz CT molecular complexity index is 2950. The van der Waals surface area contributed by atoms with Crippen molar-refractivity contribution in [3.05, 3.63) is 138 Å². The number of benzene rings is 4. The van der Waals surface area contributed by atoms with E-state index in [1.54, 1.807) is 70.7 Å². The molecule has 330 valence electrons. The standard InChI is InChI=1S/C49H47N9O7/c1-54(48(61)62)42(29-11-5-3-6-12-29)46(59)56-21-9-15-38(56)44-50-26-35(52-44)31-18-20-37-33(23-31)24-40-34-19-17-32(25-41(34)65-28-58(37)40)36-27-51-45(53-36)39-16-10-22-57(39)47(60)43(55(2)49(63)64)30-13-7-4-8-14-30/h3-8,11-14,17-20,23-27,38-39,42-43H,9-10,15-16,21-22,28H2,1-2H3,(H,50,52)(H,51,53)(H,61,62)(H,63,64)/t38-,39-,42+,43+/m0/s1. The third-order valence-electron chi connectivity index (χ3n) is 13.1. The molecule has 2 saturated heterocycles. The molecule has 16 nitrogen and oxygen atoms in total. The Morgan fingerprint density at radius 2 is 1.18 bits per heavy atom. The first-order chi connectivity index (χ1) is 31.5. The van der Waals surface area contributed by atoms with Crippen molar-refractivity contribution in [2.45, 2.75) is 56.6 Å². The van der Waals surface area contributed by atoms with Crippen LogP contribution in [-0.2, 0) is 16.3 Å². The van der Waals surface area contributed by atoms with E-state index < -0.39 is 24.3 Å². The van der Waals surface area contributed by atoms with Crippen LogP contribution < -0.4 is 4.74 Å². The molecule has 2 fully saturated rings. The van der Waals surface area contributed by atoms with Gasteiger partial charge in [0.1, 0.15) is 29.5 Å². The third-order valence-corrected chi connectivity index (χ3v) is 13.1. The van der Waals surface area contributed by atoms with Crippen LogP contribution in [0.15, 0.2) is 116 Å². The second-order valence-electron chi connectivity index (χ2n) is 16.9. The Labute approximate surface area is 373 Å². The first-order valence-electron chi connectivity index (χ1n) is 21.7. The van der Waals surface area contributed by atoms with Crippen molar-refractivity contribution in [2.24, 2.45) is 0 Å². The quantitative estimate of drug-likeness (QED) is 0.104. The second-order valence-corrected chi connectivity index (χ2v) is 16.9. The minimum Gasteiger partial charge on any atom is -0.472 e. The molecule has 0 aliphatic carbocycles. The highest BCUT2D eigenvalue weighted by Crippen LogP contribution is 2.42. The van der Waals surface area contributed by atoms with Crippen molar-refractivity contribution < 1.29 is 34.1 Å². The van der Waals surface area contributed by atoms with Gasteiger partial charge in [0.05, 0.1) is 47.1 Å². The van der Waals surface area contributed by atoms with Crippen LogP contribution in [0.3, 0.4) is 0 Å². The average molecular weight is 874 g/mol. The number of aromatic amines is 2. The molecule has 65 heavy (non-hydrogen) atoms. The van der Waals surface area contributed by atoms with E-state index in [9.17, 15) is 29.4 Å². The van der Waals surface area contributed by atoms with Gasteiger partial charge in [-0.2, -0.15) is 0 Å². The number of nitrogens with zero attached hydrogens (tertiary/aromatic N) is 7. The number of carboxylic acid groups (broad SMARTS) is 2. The van der Waals surface area contributed by atoms with E-state index in [1.807, 2.05) is 36.4 Å². The monoisotopic (exact) mass is 873 g/mol. The number of carbonyl (C=O) groups excluding carboxylic acids is 2. The largest absolute Gasteiger partial charge is 0.472 e. The van der Waals surface area contributed by atoms with Crippen LogP contribution in [0, 0.1) is 0 Å². The molecule has 3 aliphatic heterocycles. The highest BCUT2D eigenvalue weighted by Gasteiger charge is 2.41. The van der Waals surface area contributed by atoms with Crippen LogP contribution in [0.2, 0.25) is 0 Å². The summed E-state index contributed by atoms with van der Waals surface area (Å²) in [6.45, 7) is 1.31. The zero-order chi connectivity index (χ0) is 44.9. The summed E-state index contributed by atoms with van der Waals surface area (Å²) in [5.41, 5.74) is 7.58. The molecule has 0 bridgehead atoms. The van der Waals surface area contributed by atoms with Gasteiger partial charge in [0.25, 0.3) is 11.8 Å². The van der Waals surface area contributed by atoms with E-state index >= 15 is 0 Å². The molecular weight excluding hydrogens is 827 g/mol. The van der Waals surface area contributed by atoms with Gasteiger partial charge in [0, 0.05) is 49.3 Å². The predicted octanol–water partition coefficient (Wildman–Crippen LogP) is 8.47. The molecule has 4 atom stereocenters. The number of aromatic nitrogens is 5. The van der Waals surface area contributed by atoms with Gasteiger partial charge in [0.2, 0.25) is 0 Å². The van der Waals surface area contributed by atoms with Gasteiger partial charge >= 0.3 is 12.2 Å². The maximum absolute atomic E-state index is 14.1. The van der Waals surface area contributed by atoms with Gasteiger partial charge in [-0.1, -0.05) is 72.8 Å². The molecule has 10 rings (SSSR count). The van der Waals surface area contributed by atoms with Gasteiger partial charge in [-0.15, -0.1) is 0 Å². The number of nitrogens with one attached hydrogen (secondary N) is 2. The lowest BCUT2D eigenvalue weighted by atomic mass is 10.0. The van der Waals surface area contributed by atoms with Gasteiger partial charge in [-0.05, 0) is 67.1 Å². The first kappa shape index (κ1) is 41.1. The van der Waals surface area contributed by atoms with Gasteiger partial charge in [-0.25, -0.2) is 19.6 Å². The number of hydrogen-bond donors (Lipinski definition) is 4. The smallest absolute Gasteiger partial charge is 0.407 e. The fourth-order valence-electron chi connectivity index (χ4n) is 9.76. The molecule has 4 amide bonds. The van der Waals surface area contributed by atoms with Crippen molar-refractivity contribution in [2.75, 3.05) is 27.2 Å². The summed E-state index contributed by atoms with van der Waals surface area (Å²) in [4.78, 5) is 74.3. The fourth-order valence-corrected chi connectivity index (χ4v) is 9.76. The molecule has 0 saturated carbocycles. The van der Waals surface area contributed by atoms with Crippen LogP contribution in [-0.4, -0.2) is 106 Å². The molecule has 16 heteroatoms. The predicted molar refractivity (Wildman–Crippen MR) is 240 cm³/mol. The number of imidazole rings is 2. The van der Waals surface area contributed by atoms with Gasteiger partial charge in [0.15, 0.2) is 6.73 Å². The maximum atomic E-state index is 14.1. The van der Waals surface area contributed by atoms with Gasteiger partial charge < -0.3 is 39.3 Å². The third kappa shape index (κ3) is 7.39. The molecular formula is C49H47N9O7. The Morgan fingerprint density at radius 1 is 0.677 bits per heavy atom. The first-order valence-corrected chi connectivity index (χ1v) is 21.7. The van der Waals surface area contributed by atoms with Crippen LogP contribution in [0.4, 0.5) is 9.59 Å². The van der Waals surface area contributed by atoms with Crippen LogP contribution in [0.25, 0.3) is 44.7 Å². The van der Waals surface area contributed by atoms with Crippen molar-refractivity contribution in [3.63, 3.8) is 0 Å². The van der Waals surface area contributed by atoms with Crippen molar-refractivity contribution in [1.29, 1.82) is 0 Å². The zero-order valence-corrected chi connectivity index (χ0v) is 35.8. The Hall–Kier alpha value is -7.88. The van der Waals surface area contributed by atoms with Gasteiger partial charge in [-0.3, -0.25) is 19.4 Å². The van der Waals surface area contributed by atoms with Crippen LogP contribution in [0.1, 0.15) is 72.6 Å². The van der Waals surface area contributed by atoms with E-state index in [4.69, 9.17) is 14.7 Å². The normalized spacial score (nSPS) is 17.6. The highest BCUT2D eigenvalue weighted by atomic mass is 16.5. The van der Waals surface area contributed by atoms with Crippen molar-refractivity contribution >= 4 is 34.9 Å². The summed E-state index contributed by atoms with van der Waals surface area (Å²) in [7, 11) is 2.85. The summed E-state index contributed by atoms with van der Waals surface area (Å²) >= 11 is 0. The van der Waals surface area contributed by atoms with E-state index in [0.29, 0.717) is 55.4 Å². The number of hydrogen-bond acceptors (Lipinski definition) is 7. The number of H-pyrrole nitrogens is 2. The SMILES string of the molecule is CN(C(=O)O)[C@@H](C(=O)N1CCC[C@H]1c1ncc(-c2ccc3c(c2)OCn2c-3cc3cc(-c4cnc([C@@H]5CCCN5C(=O)[C@@H](c5ccccc5)N(C)C(=O)O)[nH]4)ccc32)[nH]1)c1ccccc1. The second kappa shape index (κ2) is 16.7. The molecule has 4 N–H and O–H groups in total. The highest BCUT2D eigenvalue weighted by molar-refractivity contribution is 5.92. The number of likely N-dealkylation sites (N-methyl/N-ethyl adjacent to an activating group) is 2. The summed E-state index contributed by atoms with van der Waals surface area (Å²) < 4.78 is 8.50. The summed E-state index contributed by atoms with van der Waals surface area (Å²) in [5, 5.41) is 20.7. The molecule has 3 aromatic heterocycles. The molecule has 0 unspecified atom stereocenters. The molecule has 0 radical (unpaired) electrons. The number of carbonyl (C=O) groups is 4. The number of ether oxygens (including phenoxy) is 1. The summed E-state index contributed by atoms with van der Waals surface area (Å²) in [6, 6.07) is 29.8. The molecule has 3 aliphatic rings. The van der Waals surface area contributed by atoms with E-state index in [-0.39, 0.29) is 23.9 Å². The minimum absolute atomic E-state index is 0.281. The Balaban J connectivity index is 0.869. The zero-order valence-electron chi connectivity index (χ0n) is 35.8. The number of rotatable bonds is 10. The van der Waals surface area contributed by atoms with Crippen molar-refractivity contribution in [3.8, 4) is 39.5 Å². The summed E-state index contributed by atoms with van der Waals surface area (Å²) in [5.74, 6) is 1.46. The molecule has 4 aromatic carbocycles. The van der Waals surface area contributed by atoms with Crippen molar-refractivity contribution in [1.82, 2.24) is 44.1 Å². The van der Waals surface area contributed by atoms with Crippen LogP contribution in [0.5, 0.6) is 5.75 Å². The van der Waals surface area contributed by atoms with E-state index in [0.717, 1.165) is 73.1 Å². The fraction of sp³-hybridized carbons (Fsp3) is 0.265. The number of amides is 4. The lowest BCUT2D eigenvalue weighted by molar-refractivity contribution is -0.138. The lowest BCUT2D eigenvalue weighted by Gasteiger charge is -2.32. The Kier molecular flexibility index (Phi) is 10.6. The van der Waals surface area contributed by atoms with E-state index in [2.05, 4.69) is 32.7 Å². The van der Waals surface area contributed by atoms with Crippen LogP contribution >= 0.6 is 0 Å². The molecule has 7 aromatic rings. The number of fused-ring (bicyclic) bond motifs is 5. The summed E-state index contributed by atoms with van der Waals surface area (Å²) in [6.07, 6.45) is 4.13. The molecule has 6 heterocycles. The molecule has 0 spiro atoms. The number of likely N-dealkylation sites (tertiary alicyclic amines) is 2. The lowest BCUT2D eigenvalue weighted by Crippen LogP contribution is -2.43. The topological polar surface area (TPSA) is 193 Å². The van der Waals surface area contributed by atoms with E-state index in [1.165, 1.54) is 14.1 Å². The Morgan fingerprint density at radius 3 is 1.71 bits per heavy atom.